The van der Waals surface area contributed by atoms with Crippen molar-refractivity contribution in [1.29, 1.82) is 0 Å². The van der Waals surface area contributed by atoms with Gasteiger partial charge in [-0.3, -0.25) is 4.90 Å². The summed E-state index contributed by atoms with van der Waals surface area (Å²) >= 11 is 0. The van der Waals surface area contributed by atoms with Gasteiger partial charge in [-0.15, -0.1) is 0 Å². The van der Waals surface area contributed by atoms with Crippen LogP contribution in [0.3, 0.4) is 0 Å². The molecule has 4 spiro atoms. The molecule has 1 heteroatoms. The van der Waals surface area contributed by atoms with Crippen LogP contribution in [0.2, 0.25) is 0 Å². The van der Waals surface area contributed by atoms with Crippen LogP contribution in [0, 0.1) is 39.4 Å². The summed E-state index contributed by atoms with van der Waals surface area (Å²) < 4.78 is 0. The first-order valence-electron chi connectivity index (χ1n) is 12.1. The van der Waals surface area contributed by atoms with E-state index in [9.17, 15) is 0 Å². The van der Waals surface area contributed by atoms with E-state index in [2.05, 4.69) is 32.6 Å². The standard InChI is InChI=1S/C25H39N/c1-5-6-17-9-10-22-15-23(22)12-14-25-21(4,11-13-24(25)16-26(24)25)19(23)8-7-18(22)20(17,2)3/h17-19H,5-16H2,1-4H3. The van der Waals surface area contributed by atoms with Crippen molar-refractivity contribution in [3.05, 3.63) is 0 Å². The Kier molecular flexibility index (Phi) is 2.43. The molecule has 0 aromatic rings. The largest absolute Gasteiger partial charge is 0.284 e. The molecule has 7 fully saturated rings. The maximum absolute atomic E-state index is 2.96. The van der Waals surface area contributed by atoms with Crippen molar-refractivity contribution in [1.82, 2.24) is 4.90 Å². The van der Waals surface area contributed by atoms with Crippen LogP contribution in [0.4, 0.5) is 0 Å². The Morgan fingerprint density at radius 3 is 2.35 bits per heavy atom. The van der Waals surface area contributed by atoms with Crippen molar-refractivity contribution in [2.75, 3.05) is 6.54 Å². The third-order valence-corrected chi connectivity index (χ3v) is 12.8. The number of piperidine rings is 1. The zero-order valence-corrected chi connectivity index (χ0v) is 17.7. The van der Waals surface area contributed by atoms with Gasteiger partial charge in [-0.05, 0) is 97.2 Å². The van der Waals surface area contributed by atoms with E-state index in [4.69, 9.17) is 0 Å². The van der Waals surface area contributed by atoms with Gasteiger partial charge >= 0.3 is 0 Å². The highest BCUT2D eigenvalue weighted by molar-refractivity contribution is 5.52. The van der Waals surface area contributed by atoms with Crippen molar-refractivity contribution in [3.63, 3.8) is 0 Å². The summed E-state index contributed by atoms with van der Waals surface area (Å²) in [5.74, 6) is 3.11. The summed E-state index contributed by atoms with van der Waals surface area (Å²) in [5, 5.41) is 0. The molecule has 7 rings (SSSR count). The number of nitrogens with zero attached hydrogens (tertiary/aromatic N) is 1. The van der Waals surface area contributed by atoms with Crippen LogP contribution in [0.1, 0.15) is 98.3 Å². The molecule has 0 aromatic carbocycles. The Bertz CT molecular complexity index is 711. The highest BCUT2D eigenvalue weighted by Crippen LogP contribution is 2.93. The van der Waals surface area contributed by atoms with Crippen LogP contribution < -0.4 is 0 Å². The summed E-state index contributed by atoms with van der Waals surface area (Å²) in [6, 6.07) is 0. The number of fused-ring (bicyclic) bond motifs is 1. The van der Waals surface area contributed by atoms with Crippen LogP contribution in [-0.4, -0.2) is 22.5 Å². The van der Waals surface area contributed by atoms with E-state index in [1.165, 1.54) is 19.4 Å². The first-order chi connectivity index (χ1) is 12.3. The Labute approximate surface area is 160 Å². The Morgan fingerprint density at radius 1 is 0.846 bits per heavy atom. The van der Waals surface area contributed by atoms with Crippen molar-refractivity contribution >= 4 is 0 Å². The molecule has 7 aliphatic rings. The quantitative estimate of drug-likeness (QED) is 0.548. The predicted molar refractivity (Wildman–Crippen MR) is 106 cm³/mol. The molecule has 2 aliphatic heterocycles. The Morgan fingerprint density at radius 2 is 1.62 bits per heavy atom. The predicted octanol–water partition coefficient (Wildman–Crippen LogP) is 6.03. The van der Waals surface area contributed by atoms with Gasteiger partial charge in [0.1, 0.15) is 0 Å². The molecule has 0 N–H and O–H groups in total. The van der Waals surface area contributed by atoms with Crippen LogP contribution in [0.15, 0.2) is 0 Å². The van der Waals surface area contributed by atoms with Crippen LogP contribution in [0.25, 0.3) is 0 Å². The van der Waals surface area contributed by atoms with Gasteiger partial charge in [0, 0.05) is 12.1 Å². The number of hydrogen-bond donors (Lipinski definition) is 0. The van der Waals surface area contributed by atoms with E-state index in [1.54, 1.807) is 57.8 Å². The van der Waals surface area contributed by atoms with Crippen molar-refractivity contribution < 1.29 is 0 Å². The Balaban J connectivity index is 1.27. The molecule has 26 heavy (non-hydrogen) atoms. The molecule has 0 amide bonds. The van der Waals surface area contributed by atoms with Gasteiger partial charge < -0.3 is 0 Å². The fourth-order valence-electron chi connectivity index (χ4n) is 11.8. The third kappa shape index (κ3) is 1.21. The summed E-state index contributed by atoms with van der Waals surface area (Å²) in [4.78, 5) is 2.96. The van der Waals surface area contributed by atoms with E-state index < -0.39 is 0 Å². The molecular weight excluding hydrogens is 314 g/mol. The van der Waals surface area contributed by atoms with Crippen LogP contribution in [0.5, 0.6) is 0 Å². The second kappa shape index (κ2) is 3.99. The fourth-order valence-corrected chi connectivity index (χ4v) is 11.8. The minimum atomic E-state index is 0.598. The second-order valence-corrected chi connectivity index (χ2v) is 12.9. The summed E-state index contributed by atoms with van der Waals surface area (Å²) in [6.45, 7) is 12.0. The molecule has 0 bridgehead atoms. The highest BCUT2D eigenvalue weighted by Gasteiger charge is 2.97. The summed E-state index contributed by atoms with van der Waals surface area (Å²) in [6.07, 6.45) is 17.1. The first-order valence-corrected chi connectivity index (χ1v) is 12.1. The van der Waals surface area contributed by atoms with Crippen molar-refractivity contribution in [2.45, 2.75) is 109 Å². The maximum atomic E-state index is 2.96. The number of hydrogen-bond acceptors (Lipinski definition) is 1. The molecule has 5 aliphatic carbocycles. The van der Waals surface area contributed by atoms with Crippen molar-refractivity contribution in [3.8, 4) is 0 Å². The minimum Gasteiger partial charge on any atom is -0.284 e. The SMILES string of the molecule is CCCC1CCC23CC24CCC25N6CC62CCC5(C)C4CCC3C1(C)C. The van der Waals surface area contributed by atoms with Crippen LogP contribution >= 0.6 is 0 Å². The first kappa shape index (κ1) is 15.8. The average molecular weight is 354 g/mol. The zero-order valence-electron chi connectivity index (χ0n) is 17.7. The molecule has 2 heterocycles. The lowest BCUT2D eigenvalue weighted by molar-refractivity contribution is -0.122. The molecule has 0 radical (unpaired) electrons. The van der Waals surface area contributed by atoms with Gasteiger partial charge in [-0.25, -0.2) is 0 Å². The normalized spacial score (nSPS) is 67.8. The average Bonchev–Trinajstić information content (AvgIpc) is 3.49. The Hall–Kier alpha value is -0.0400. The second-order valence-electron chi connectivity index (χ2n) is 12.9. The summed E-state index contributed by atoms with van der Waals surface area (Å²) in [5.41, 5.74) is 4.30. The lowest BCUT2D eigenvalue weighted by Gasteiger charge is -2.61. The van der Waals surface area contributed by atoms with Gasteiger partial charge in [0.15, 0.2) is 0 Å². The molecule has 2 saturated heterocycles. The molecule has 144 valence electrons. The minimum absolute atomic E-state index is 0.598. The lowest BCUT2D eigenvalue weighted by Crippen LogP contribution is -2.58. The molecular formula is C25H39N. The molecule has 9 atom stereocenters. The molecule has 5 saturated carbocycles. The van der Waals surface area contributed by atoms with Crippen LogP contribution in [-0.2, 0) is 0 Å². The smallest absolute Gasteiger partial charge is 0.0533 e. The monoisotopic (exact) mass is 353 g/mol. The summed E-state index contributed by atoms with van der Waals surface area (Å²) in [7, 11) is 0. The van der Waals surface area contributed by atoms with Gasteiger partial charge in [0.2, 0.25) is 0 Å². The fraction of sp³-hybridized carbons (Fsp3) is 1.00. The van der Waals surface area contributed by atoms with Crippen molar-refractivity contribution in [2.24, 2.45) is 39.4 Å². The molecule has 0 aromatic heterocycles. The molecule has 9 unspecified atom stereocenters. The number of rotatable bonds is 2. The van der Waals surface area contributed by atoms with Gasteiger partial charge in [-0.2, -0.15) is 0 Å². The van der Waals surface area contributed by atoms with Gasteiger partial charge in [-0.1, -0.05) is 40.5 Å². The van der Waals surface area contributed by atoms with E-state index >= 15 is 0 Å². The maximum Gasteiger partial charge on any atom is 0.0533 e. The highest BCUT2D eigenvalue weighted by atomic mass is 15.6. The van der Waals surface area contributed by atoms with E-state index in [0.717, 1.165) is 34.1 Å². The molecule has 1 nitrogen and oxygen atoms in total. The zero-order chi connectivity index (χ0) is 17.8. The van der Waals surface area contributed by atoms with Gasteiger partial charge in [0.25, 0.3) is 0 Å². The van der Waals surface area contributed by atoms with E-state index in [1.807, 2.05) is 0 Å². The van der Waals surface area contributed by atoms with E-state index in [0.29, 0.717) is 16.4 Å². The third-order valence-electron chi connectivity index (χ3n) is 12.8. The lowest BCUT2D eigenvalue weighted by atomic mass is 9.43. The topological polar surface area (TPSA) is 3.01 Å². The van der Waals surface area contributed by atoms with Gasteiger partial charge in [0.05, 0.1) is 5.54 Å². The van der Waals surface area contributed by atoms with E-state index in [-0.39, 0.29) is 0 Å².